The van der Waals surface area contributed by atoms with E-state index in [0.29, 0.717) is 6.04 Å². The Balaban J connectivity index is 2.20. The van der Waals surface area contributed by atoms with E-state index in [1.165, 1.54) is 24.8 Å². The van der Waals surface area contributed by atoms with E-state index in [0.717, 1.165) is 6.54 Å². The summed E-state index contributed by atoms with van der Waals surface area (Å²) in [6.07, 6.45) is 3.67. The lowest BCUT2D eigenvalue weighted by atomic mass is 9.96. The summed E-state index contributed by atoms with van der Waals surface area (Å²) in [5, 5.41) is 3.53. The average molecular weight is 175 g/mol. The summed E-state index contributed by atoms with van der Waals surface area (Å²) in [6.45, 7) is 3.39. The van der Waals surface area contributed by atoms with Crippen LogP contribution in [0.4, 0.5) is 0 Å². The maximum Gasteiger partial charge on any atom is 0.00420 e. The van der Waals surface area contributed by atoms with Gasteiger partial charge in [-0.25, -0.2) is 0 Å². The highest BCUT2D eigenvalue weighted by Gasteiger charge is 2.08. The van der Waals surface area contributed by atoms with Gasteiger partial charge in [-0.15, -0.1) is 0 Å². The van der Waals surface area contributed by atoms with Gasteiger partial charge in [-0.05, 0) is 43.9 Å². The molecule has 2 rings (SSSR count). The number of aryl methyl sites for hydroxylation is 1. The van der Waals surface area contributed by atoms with Gasteiger partial charge < -0.3 is 5.32 Å². The van der Waals surface area contributed by atoms with E-state index in [9.17, 15) is 0 Å². The lowest BCUT2D eigenvalue weighted by molar-refractivity contribution is 0.504. The highest BCUT2D eigenvalue weighted by Crippen LogP contribution is 2.14. The summed E-state index contributed by atoms with van der Waals surface area (Å²) in [7, 11) is 0. The Labute approximate surface area is 80.2 Å². The van der Waals surface area contributed by atoms with E-state index in [-0.39, 0.29) is 0 Å². The summed E-state index contributed by atoms with van der Waals surface area (Å²) >= 11 is 0. The molecule has 70 valence electrons. The molecule has 0 saturated carbocycles. The largest absolute Gasteiger partial charge is 0.314 e. The van der Waals surface area contributed by atoms with E-state index in [1.54, 1.807) is 5.56 Å². The molecule has 0 fully saturated rings. The second kappa shape index (κ2) is 3.93. The minimum absolute atomic E-state index is 0.674. The molecule has 1 N–H and O–H groups in total. The van der Waals surface area contributed by atoms with Crippen LogP contribution in [-0.4, -0.2) is 12.6 Å². The SMILES string of the molecule is CC1CCc2ccccc2CCN1. The molecular formula is C12H17N. The van der Waals surface area contributed by atoms with Crippen molar-refractivity contribution in [1.82, 2.24) is 5.32 Å². The lowest BCUT2D eigenvalue weighted by Crippen LogP contribution is -2.30. The second-order valence-corrected chi connectivity index (χ2v) is 3.91. The van der Waals surface area contributed by atoms with Gasteiger partial charge in [0.1, 0.15) is 0 Å². The van der Waals surface area contributed by atoms with E-state index in [2.05, 4.69) is 36.5 Å². The fourth-order valence-electron chi connectivity index (χ4n) is 1.97. The van der Waals surface area contributed by atoms with E-state index < -0.39 is 0 Å². The van der Waals surface area contributed by atoms with Crippen molar-refractivity contribution in [3.8, 4) is 0 Å². The van der Waals surface area contributed by atoms with Crippen LogP contribution in [0, 0.1) is 0 Å². The maximum atomic E-state index is 3.53. The van der Waals surface area contributed by atoms with Crippen LogP contribution < -0.4 is 5.32 Å². The van der Waals surface area contributed by atoms with Crippen molar-refractivity contribution in [1.29, 1.82) is 0 Å². The van der Waals surface area contributed by atoms with Crippen LogP contribution in [-0.2, 0) is 12.8 Å². The molecule has 1 nitrogen and oxygen atoms in total. The molecule has 0 saturated heterocycles. The van der Waals surface area contributed by atoms with Crippen molar-refractivity contribution in [2.45, 2.75) is 32.2 Å². The van der Waals surface area contributed by atoms with Gasteiger partial charge in [-0.1, -0.05) is 24.3 Å². The molecule has 1 aliphatic rings. The monoisotopic (exact) mass is 175 g/mol. The lowest BCUT2D eigenvalue weighted by Gasteiger charge is -2.19. The van der Waals surface area contributed by atoms with Gasteiger partial charge in [0, 0.05) is 6.04 Å². The number of hydrogen-bond acceptors (Lipinski definition) is 1. The first-order valence-corrected chi connectivity index (χ1v) is 5.16. The zero-order chi connectivity index (χ0) is 9.10. The molecule has 1 aliphatic heterocycles. The Kier molecular flexibility index (Phi) is 2.65. The number of fused-ring (bicyclic) bond motifs is 1. The maximum absolute atomic E-state index is 3.53. The molecule has 1 atom stereocenters. The number of benzene rings is 1. The van der Waals surface area contributed by atoms with Crippen molar-refractivity contribution >= 4 is 0 Å². The summed E-state index contributed by atoms with van der Waals surface area (Å²) in [5.41, 5.74) is 3.08. The Morgan fingerprint density at radius 1 is 1.15 bits per heavy atom. The normalized spacial score (nSPS) is 23.0. The first-order valence-electron chi connectivity index (χ1n) is 5.16. The number of hydrogen-bond donors (Lipinski definition) is 1. The summed E-state index contributed by atoms with van der Waals surface area (Å²) in [5.74, 6) is 0. The van der Waals surface area contributed by atoms with Gasteiger partial charge in [-0.3, -0.25) is 0 Å². The Morgan fingerprint density at radius 3 is 2.62 bits per heavy atom. The van der Waals surface area contributed by atoms with Crippen LogP contribution >= 0.6 is 0 Å². The molecule has 0 aromatic heterocycles. The molecule has 1 aromatic rings. The minimum atomic E-state index is 0.674. The first kappa shape index (κ1) is 8.76. The molecule has 13 heavy (non-hydrogen) atoms. The fourth-order valence-corrected chi connectivity index (χ4v) is 1.97. The Hall–Kier alpha value is -0.820. The quantitative estimate of drug-likeness (QED) is 0.637. The van der Waals surface area contributed by atoms with Crippen molar-refractivity contribution in [2.75, 3.05) is 6.54 Å². The van der Waals surface area contributed by atoms with Crippen LogP contribution in [0.15, 0.2) is 24.3 Å². The van der Waals surface area contributed by atoms with Crippen molar-refractivity contribution in [3.63, 3.8) is 0 Å². The van der Waals surface area contributed by atoms with Crippen LogP contribution in [0.25, 0.3) is 0 Å². The van der Waals surface area contributed by atoms with Crippen LogP contribution in [0.1, 0.15) is 24.5 Å². The molecule has 1 aromatic carbocycles. The molecular weight excluding hydrogens is 158 g/mol. The van der Waals surface area contributed by atoms with Gasteiger partial charge in [0.25, 0.3) is 0 Å². The second-order valence-electron chi connectivity index (χ2n) is 3.91. The molecule has 0 radical (unpaired) electrons. The molecule has 1 heterocycles. The topological polar surface area (TPSA) is 12.0 Å². The van der Waals surface area contributed by atoms with Gasteiger partial charge >= 0.3 is 0 Å². The highest BCUT2D eigenvalue weighted by atomic mass is 14.9. The summed E-state index contributed by atoms with van der Waals surface area (Å²) in [6, 6.07) is 9.50. The van der Waals surface area contributed by atoms with Crippen molar-refractivity contribution in [3.05, 3.63) is 35.4 Å². The molecule has 0 bridgehead atoms. The fraction of sp³-hybridized carbons (Fsp3) is 0.500. The molecule has 0 spiro atoms. The predicted molar refractivity (Wildman–Crippen MR) is 55.9 cm³/mol. The van der Waals surface area contributed by atoms with Crippen LogP contribution in [0.5, 0.6) is 0 Å². The number of nitrogens with one attached hydrogen (secondary N) is 1. The molecule has 1 heteroatoms. The van der Waals surface area contributed by atoms with Crippen molar-refractivity contribution < 1.29 is 0 Å². The molecule has 1 unspecified atom stereocenters. The van der Waals surface area contributed by atoms with Gasteiger partial charge in [0.2, 0.25) is 0 Å². The predicted octanol–water partition coefficient (Wildman–Crippen LogP) is 2.15. The zero-order valence-corrected chi connectivity index (χ0v) is 8.22. The van der Waals surface area contributed by atoms with Gasteiger partial charge in [0.05, 0.1) is 0 Å². The standard InChI is InChI=1S/C12H17N/c1-10-6-7-11-4-2-3-5-12(11)8-9-13-10/h2-5,10,13H,6-9H2,1H3. The smallest absolute Gasteiger partial charge is 0.00420 e. The third-order valence-corrected chi connectivity index (χ3v) is 2.85. The summed E-state index contributed by atoms with van der Waals surface area (Å²) in [4.78, 5) is 0. The Morgan fingerprint density at radius 2 is 1.85 bits per heavy atom. The van der Waals surface area contributed by atoms with E-state index >= 15 is 0 Å². The molecule has 0 amide bonds. The first-order chi connectivity index (χ1) is 6.36. The van der Waals surface area contributed by atoms with E-state index in [1.807, 2.05) is 0 Å². The van der Waals surface area contributed by atoms with Gasteiger partial charge in [-0.2, -0.15) is 0 Å². The summed E-state index contributed by atoms with van der Waals surface area (Å²) < 4.78 is 0. The van der Waals surface area contributed by atoms with Gasteiger partial charge in [0.15, 0.2) is 0 Å². The van der Waals surface area contributed by atoms with Crippen molar-refractivity contribution in [2.24, 2.45) is 0 Å². The third-order valence-electron chi connectivity index (χ3n) is 2.85. The third kappa shape index (κ3) is 2.10. The average Bonchev–Trinajstić information content (AvgIpc) is 2.13. The Bertz CT molecular complexity index is 280. The minimum Gasteiger partial charge on any atom is -0.314 e. The number of rotatable bonds is 0. The van der Waals surface area contributed by atoms with Crippen LogP contribution in [0.3, 0.4) is 0 Å². The zero-order valence-electron chi connectivity index (χ0n) is 8.22. The highest BCUT2D eigenvalue weighted by molar-refractivity contribution is 5.28. The van der Waals surface area contributed by atoms with E-state index in [4.69, 9.17) is 0 Å². The van der Waals surface area contributed by atoms with Crippen LogP contribution in [0.2, 0.25) is 0 Å². The molecule has 0 aliphatic carbocycles.